The molecule has 0 saturated heterocycles. The van der Waals surface area contributed by atoms with E-state index in [0.717, 1.165) is 12.0 Å². The summed E-state index contributed by atoms with van der Waals surface area (Å²) in [6.07, 6.45) is 2.48. The summed E-state index contributed by atoms with van der Waals surface area (Å²) in [7, 11) is -0.941. The van der Waals surface area contributed by atoms with Gasteiger partial charge < -0.3 is 14.8 Å². The Labute approximate surface area is 143 Å². The van der Waals surface area contributed by atoms with Crippen molar-refractivity contribution in [2.24, 2.45) is 0 Å². The van der Waals surface area contributed by atoms with Crippen LogP contribution in [0.2, 0.25) is 0 Å². The van der Waals surface area contributed by atoms with Crippen LogP contribution in [0.15, 0.2) is 42.5 Å². The number of amides is 1. The zero-order valence-electron chi connectivity index (χ0n) is 13.4. The number of fused-ring (bicyclic) bond motifs is 1. The molecule has 1 N–H and O–H groups in total. The maximum atomic E-state index is 12.4. The van der Waals surface area contributed by atoms with Crippen LogP contribution in [0.3, 0.4) is 0 Å². The molecule has 126 valence electrons. The molecule has 0 saturated carbocycles. The third kappa shape index (κ3) is 4.14. The van der Waals surface area contributed by atoms with E-state index in [9.17, 15) is 9.00 Å². The number of ether oxygens (including phenoxy) is 2. The molecule has 0 fully saturated rings. The Kier molecular flexibility index (Phi) is 5.15. The van der Waals surface area contributed by atoms with E-state index in [1.807, 2.05) is 6.07 Å². The van der Waals surface area contributed by atoms with Crippen LogP contribution >= 0.6 is 0 Å². The number of rotatable bonds is 4. The van der Waals surface area contributed by atoms with E-state index in [2.05, 4.69) is 5.32 Å². The Morgan fingerprint density at radius 2 is 1.92 bits per heavy atom. The summed E-state index contributed by atoms with van der Waals surface area (Å²) in [5.74, 6) is 1.55. The molecule has 0 radical (unpaired) electrons. The van der Waals surface area contributed by atoms with Crippen LogP contribution in [0, 0.1) is 0 Å². The van der Waals surface area contributed by atoms with Crippen LogP contribution in [-0.4, -0.2) is 29.6 Å². The van der Waals surface area contributed by atoms with Gasteiger partial charge in [-0.2, -0.15) is 0 Å². The molecule has 1 atom stereocenters. The van der Waals surface area contributed by atoms with Crippen molar-refractivity contribution in [2.45, 2.75) is 12.2 Å². The Bertz CT molecular complexity index is 775. The summed E-state index contributed by atoms with van der Waals surface area (Å²) in [5.41, 5.74) is 2.06. The van der Waals surface area contributed by atoms with Crippen molar-refractivity contribution in [1.82, 2.24) is 0 Å². The summed E-state index contributed by atoms with van der Waals surface area (Å²) in [6.45, 7) is 1.23. The van der Waals surface area contributed by atoms with Crippen molar-refractivity contribution < 1.29 is 18.5 Å². The zero-order valence-corrected chi connectivity index (χ0v) is 14.2. The van der Waals surface area contributed by atoms with Gasteiger partial charge in [0.05, 0.1) is 13.2 Å². The van der Waals surface area contributed by atoms with Gasteiger partial charge in [0.1, 0.15) is 0 Å². The molecule has 6 heteroatoms. The maximum absolute atomic E-state index is 12.4. The lowest BCUT2D eigenvalue weighted by Gasteiger charge is -2.11. The Morgan fingerprint density at radius 1 is 1.12 bits per heavy atom. The van der Waals surface area contributed by atoms with E-state index in [1.165, 1.54) is 0 Å². The third-order valence-electron chi connectivity index (χ3n) is 3.56. The highest BCUT2D eigenvalue weighted by molar-refractivity contribution is 7.83. The van der Waals surface area contributed by atoms with Crippen LogP contribution in [0.25, 0.3) is 0 Å². The minimum atomic E-state index is -0.941. The molecule has 1 amide bonds. The van der Waals surface area contributed by atoms with E-state index >= 15 is 0 Å². The first-order chi connectivity index (χ1) is 11.6. The second-order valence-corrected chi connectivity index (χ2v) is 7.02. The van der Waals surface area contributed by atoms with Crippen LogP contribution < -0.4 is 14.8 Å². The van der Waals surface area contributed by atoms with E-state index in [-0.39, 0.29) is 5.91 Å². The van der Waals surface area contributed by atoms with Gasteiger partial charge in [-0.3, -0.25) is 9.00 Å². The summed E-state index contributed by atoms with van der Waals surface area (Å²) < 4.78 is 22.5. The molecule has 1 aliphatic rings. The van der Waals surface area contributed by atoms with Crippen LogP contribution in [0.1, 0.15) is 22.3 Å². The monoisotopic (exact) mass is 345 g/mol. The minimum absolute atomic E-state index is 0.215. The number of carbonyl (C=O) groups is 1. The van der Waals surface area contributed by atoms with Crippen molar-refractivity contribution in [1.29, 1.82) is 0 Å². The quantitative estimate of drug-likeness (QED) is 0.925. The highest BCUT2D eigenvalue weighted by Crippen LogP contribution is 2.32. The van der Waals surface area contributed by atoms with Crippen LogP contribution in [-0.2, 0) is 16.6 Å². The van der Waals surface area contributed by atoms with E-state index in [1.54, 1.807) is 42.7 Å². The summed E-state index contributed by atoms with van der Waals surface area (Å²) in [4.78, 5) is 12.4. The lowest BCUT2D eigenvalue weighted by molar-refractivity contribution is 0.102. The molecule has 0 unspecified atom stereocenters. The molecular weight excluding hydrogens is 326 g/mol. The SMILES string of the molecule is C[S@@](=O)Cc1cccc(C(=O)Nc2ccc3c(c2)OCCCO3)c1. The van der Waals surface area contributed by atoms with E-state index in [0.29, 0.717) is 41.7 Å². The molecule has 1 aliphatic heterocycles. The second-order valence-electron chi connectivity index (χ2n) is 5.58. The predicted molar refractivity (Wildman–Crippen MR) is 94.2 cm³/mol. The molecular formula is C18H19NO4S. The molecule has 0 bridgehead atoms. The second kappa shape index (κ2) is 7.49. The fraction of sp³-hybridized carbons (Fsp3) is 0.278. The number of hydrogen-bond acceptors (Lipinski definition) is 4. The third-order valence-corrected chi connectivity index (χ3v) is 4.30. The first kappa shape index (κ1) is 16.5. The van der Waals surface area contributed by atoms with Crippen LogP contribution in [0.4, 0.5) is 5.69 Å². The molecule has 1 heterocycles. The predicted octanol–water partition coefficient (Wildman–Crippen LogP) is 2.98. The van der Waals surface area contributed by atoms with Gasteiger partial charge in [-0.15, -0.1) is 0 Å². The highest BCUT2D eigenvalue weighted by Gasteiger charge is 2.13. The molecule has 0 spiro atoms. The maximum Gasteiger partial charge on any atom is 0.255 e. The first-order valence-corrected chi connectivity index (χ1v) is 9.44. The Hall–Kier alpha value is -2.34. The molecule has 2 aromatic carbocycles. The van der Waals surface area contributed by atoms with Gasteiger partial charge in [-0.05, 0) is 29.8 Å². The van der Waals surface area contributed by atoms with Gasteiger partial charge in [-0.1, -0.05) is 12.1 Å². The fourth-order valence-electron chi connectivity index (χ4n) is 2.48. The minimum Gasteiger partial charge on any atom is -0.490 e. The van der Waals surface area contributed by atoms with Gasteiger partial charge in [0.2, 0.25) is 0 Å². The average Bonchev–Trinajstić information content (AvgIpc) is 2.79. The Balaban J connectivity index is 1.75. The van der Waals surface area contributed by atoms with E-state index in [4.69, 9.17) is 9.47 Å². The lowest BCUT2D eigenvalue weighted by Crippen LogP contribution is -2.12. The average molecular weight is 345 g/mol. The van der Waals surface area contributed by atoms with Crippen LogP contribution in [0.5, 0.6) is 11.5 Å². The van der Waals surface area contributed by atoms with Gasteiger partial charge >= 0.3 is 0 Å². The number of nitrogens with one attached hydrogen (secondary N) is 1. The number of benzene rings is 2. The fourth-order valence-corrected chi connectivity index (χ4v) is 3.13. The van der Waals surface area contributed by atoms with Gasteiger partial charge in [0.25, 0.3) is 5.91 Å². The smallest absolute Gasteiger partial charge is 0.255 e. The molecule has 24 heavy (non-hydrogen) atoms. The standard InChI is InChI=1S/C18H19NO4S/c1-24(21)12-13-4-2-5-14(10-13)18(20)19-15-6-7-16-17(11-15)23-9-3-8-22-16/h2,4-7,10-11H,3,8-9,12H2,1H3,(H,19,20)/t24-/m1/s1. The number of carbonyl (C=O) groups excluding carboxylic acids is 1. The summed E-state index contributed by atoms with van der Waals surface area (Å²) >= 11 is 0. The topological polar surface area (TPSA) is 64.6 Å². The van der Waals surface area contributed by atoms with Crippen molar-refractivity contribution in [3.05, 3.63) is 53.6 Å². The van der Waals surface area contributed by atoms with Crippen molar-refractivity contribution >= 4 is 22.4 Å². The number of anilines is 1. The Morgan fingerprint density at radius 3 is 2.71 bits per heavy atom. The molecule has 0 aromatic heterocycles. The van der Waals surface area contributed by atoms with Gasteiger partial charge in [0.15, 0.2) is 11.5 Å². The van der Waals surface area contributed by atoms with E-state index < -0.39 is 10.8 Å². The summed E-state index contributed by atoms with van der Waals surface area (Å²) in [5, 5.41) is 2.86. The van der Waals surface area contributed by atoms with Gasteiger partial charge in [-0.25, -0.2) is 0 Å². The van der Waals surface area contributed by atoms with Crippen molar-refractivity contribution in [3.8, 4) is 11.5 Å². The lowest BCUT2D eigenvalue weighted by atomic mass is 10.1. The molecule has 0 aliphatic carbocycles. The first-order valence-electron chi connectivity index (χ1n) is 7.72. The highest BCUT2D eigenvalue weighted by atomic mass is 32.2. The zero-order chi connectivity index (χ0) is 16.9. The molecule has 2 aromatic rings. The van der Waals surface area contributed by atoms with Crippen molar-refractivity contribution in [3.63, 3.8) is 0 Å². The molecule has 3 rings (SSSR count). The van der Waals surface area contributed by atoms with Crippen molar-refractivity contribution in [2.75, 3.05) is 24.8 Å². The number of hydrogen-bond donors (Lipinski definition) is 1. The normalized spacial score (nSPS) is 14.5. The summed E-state index contributed by atoms with van der Waals surface area (Å²) in [6, 6.07) is 12.5. The largest absolute Gasteiger partial charge is 0.490 e. The molecule has 5 nitrogen and oxygen atoms in total. The van der Waals surface area contributed by atoms with Gasteiger partial charge in [0, 0.05) is 46.5 Å².